The van der Waals surface area contributed by atoms with Crippen molar-refractivity contribution in [2.45, 2.75) is 73.8 Å². The normalized spacial score (nSPS) is 11.0. The number of pyridine rings is 1. The van der Waals surface area contributed by atoms with Gasteiger partial charge in [0.2, 0.25) is 0 Å². The summed E-state index contributed by atoms with van der Waals surface area (Å²) in [6.07, 6.45) is 3.67. The molecular formula is C23H31BrN2O2. The summed E-state index contributed by atoms with van der Waals surface area (Å²) in [6.45, 7) is 12.7. The number of aromatic nitrogens is 1. The third-order valence-corrected chi connectivity index (χ3v) is 5.97. The van der Waals surface area contributed by atoms with Gasteiger partial charge in [0.05, 0.1) is 0 Å². The van der Waals surface area contributed by atoms with Crippen molar-refractivity contribution >= 4 is 27.5 Å². The highest BCUT2D eigenvalue weighted by molar-refractivity contribution is 9.10. The van der Waals surface area contributed by atoms with Crippen LogP contribution in [0.1, 0.15) is 72.0 Å². The van der Waals surface area contributed by atoms with Gasteiger partial charge in [-0.3, -0.25) is 9.59 Å². The molecule has 4 nitrogen and oxygen atoms in total. The lowest BCUT2D eigenvalue weighted by molar-refractivity contribution is 0.102. The van der Waals surface area contributed by atoms with Crippen LogP contribution in [-0.4, -0.2) is 10.5 Å². The molecule has 2 rings (SSSR count). The van der Waals surface area contributed by atoms with Crippen molar-refractivity contribution in [3.63, 3.8) is 0 Å². The number of unbranched alkanes of at least 4 members (excludes halogenated alkanes) is 1. The number of carbonyl (C=O) groups excluding carboxylic acids is 1. The van der Waals surface area contributed by atoms with Crippen LogP contribution in [0.4, 0.5) is 5.69 Å². The van der Waals surface area contributed by atoms with Crippen molar-refractivity contribution in [3.8, 4) is 0 Å². The van der Waals surface area contributed by atoms with E-state index in [0.717, 1.165) is 64.9 Å². The molecule has 1 N–H and O–H groups in total. The van der Waals surface area contributed by atoms with Gasteiger partial charge in [0.25, 0.3) is 5.91 Å². The minimum Gasteiger partial charge on any atom is -0.348 e. The van der Waals surface area contributed by atoms with E-state index in [4.69, 9.17) is 0 Å². The average molecular weight is 447 g/mol. The largest absolute Gasteiger partial charge is 0.348 e. The molecule has 5 heteroatoms. The van der Waals surface area contributed by atoms with Crippen LogP contribution in [-0.2, 0) is 19.4 Å². The van der Waals surface area contributed by atoms with Crippen LogP contribution in [0.25, 0.3) is 0 Å². The molecule has 0 bridgehead atoms. The number of halogens is 1. The topological polar surface area (TPSA) is 51.1 Å². The Morgan fingerprint density at radius 1 is 1.04 bits per heavy atom. The molecule has 1 heterocycles. The second-order valence-corrected chi connectivity index (χ2v) is 8.18. The molecule has 0 saturated heterocycles. The van der Waals surface area contributed by atoms with Gasteiger partial charge in [0.1, 0.15) is 5.56 Å². The van der Waals surface area contributed by atoms with Crippen LogP contribution in [0.3, 0.4) is 0 Å². The Hall–Kier alpha value is -1.88. The first kappa shape index (κ1) is 22.4. The van der Waals surface area contributed by atoms with Gasteiger partial charge in [-0.25, -0.2) is 0 Å². The molecule has 0 spiro atoms. The van der Waals surface area contributed by atoms with Crippen LogP contribution in [0.15, 0.2) is 21.4 Å². The first-order valence-corrected chi connectivity index (χ1v) is 10.9. The summed E-state index contributed by atoms with van der Waals surface area (Å²) in [4.78, 5) is 26.2. The van der Waals surface area contributed by atoms with Crippen molar-refractivity contribution in [1.29, 1.82) is 0 Å². The van der Waals surface area contributed by atoms with Crippen LogP contribution < -0.4 is 10.7 Å². The van der Waals surface area contributed by atoms with Gasteiger partial charge < -0.3 is 9.88 Å². The van der Waals surface area contributed by atoms with Gasteiger partial charge in [-0.15, -0.1) is 0 Å². The Balaban J connectivity index is 2.57. The zero-order valence-corrected chi connectivity index (χ0v) is 19.4. The molecule has 0 radical (unpaired) electrons. The van der Waals surface area contributed by atoms with Crippen molar-refractivity contribution in [1.82, 2.24) is 4.57 Å². The Morgan fingerprint density at radius 3 is 2.11 bits per heavy atom. The SMILES string of the molecule is CCCCn1c(C)c(C)c(=O)c(C(=O)Nc2c(CC)cc(Br)cc2CC)c1C. The van der Waals surface area contributed by atoms with E-state index in [0.29, 0.717) is 5.56 Å². The first-order valence-electron chi connectivity index (χ1n) is 10.1. The monoisotopic (exact) mass is 446 g/mol. The second kappa shape index (κ2) is 9.55. The quantitative estimate of drug-likeness (QED) is 0.591. The molecule has 0 aliphatic heterocycles. The lowest BCUT2D eigenvalue weighted by atomic mass is 10.0. The first-order chi connectivity index (χ1) is 13.3. The highest BCUT2D eigenvalue weighted by Crippen LogP contribution is 2.28. The summed E-state index contributed by atoms with van der Waals surface area (Å²) in [6, 6.07) is 4.06. The molecular weight excluding hydrogens is 416 g/mol. The number of carbonyl (C=O) groups is 1. The van der Waals surface area contributed by atoms with Crippen LogP contribution in [0.2, 0.25) is 0 Å². The van der Waals surface area contributed by atoms with Gasteiger partial charge in [-0.2, -0.15) is 0 Å². The lowest BCUT2D eigenvalue weighted by Crippen LogP contribution is -2.30. The molecule has 0 saturated carbocycles. The lowest BCUT2D eigenvalue weighted by Gasteiger charge is -2.20. The molecule has 28 heavy (non-hydrogen) atoms. The Labute approximate surface area is 176 Å². The maximum atomic E-state index is 13.2. The zero-order valence-electron chi connectivity index (χ0n) is 17.8. The molecule has 152 valence electrons. The number of hydrogen-bond donors (Lipinski definition) is 1. The van der Waals surface area contributed by atoms with Gasteiger partial charge in [0.15, 0.2) is 5.43 Å². The van der Waals surface area contributed by atoms with E-state index in [-0.39, 0.29) is 16.9 Å². The van der Waals surface area contributed by atoms with Crippen molar-refractivity contribution in [2.24, 2.45) is 0 Å². The molecule has 1 amide bonds. The fourth-order valence-corrected chi connectivity index (χ4v) is 4.20. The summed E-state index contributed by atoms with van der Waals surface area (Å²) in [5, 5.41) is 3.06. The molecule has 0 atom stereocenters. The second-order valence-electron chi connectivity index (χ2n) is 7.27. The van der Waals surface area contributed by atoms with E-state index < -0.39 is 0 Å². The maximum Gasteiger partial charge on any atom is 0.261 e. The number of anilines is 1. The molecule has 0 aliphatic rings. The maximum absolute atomic E-state index is 13.2. The fraction of sp³-hybridized carbons (Fsp3) is 0.478. The molecule has 0 fully saturated rings. The van der Waals surface area contributed by atoms with E-state index in [9.17, 15) is 9.59 Å². The molecule has 1 aromatic carbocycles. The minimum atomic E-state index is -0.317. The summed E-state index contributed by atoms with van der Waals surface area (Å²) >= 11 is 3.55. The Bertz CT molecular complexity index is 920. The van der Waals surface area contributed by atoms with E-state index in [1.165, 1.54) is 0 Å². The van der Waals surface area contributed by atoms with E-state index >= 15 is 0 Å². The van der Waals surface area contributed by atoms with Crippen LogP contribution in [0, 0.1) is 20.8 Å². The Kier molecular flexibility index (Phi) is 7.64. The van der Waals surface area contributed by atoms with E-state index in [1.807, 2.05) is 32.9 Å². The fourth-order valence-electron chi connectivity index (χ4n) is 3.64. The van der Waals surface area contributed by atoms with Crippen LogP contribution >= 0.6 is 15.9 Å². The van der Waals surface area contributed by atoms with Gasteiger partial charge in [-0.1, -0.05) is 43.1 Å². The minimum absolute atomic E-state index is 0.173. The van der Waals surface area contributed by atoms with Crippen molar-refractivity contribution in [2.75, 3.05) is 5.32 Å². The van der Waals surface area contributed by atoms with Crippen LogP contribution in [0.5, 0.6) is 0 Å². The molecule has 0 aliphatic carbocycles. The zero-order chi connectivity index (χ0) is 21.0. The molecule has 2 aromatic rings. The number of rotatable bonds is 7. The number of nitrogens with zero attached hydrogens (tertiary/aromatic N) is 1. The van der Waals surface area contributed by atoms with E-state index in [1.54, 1.807) is 0 Å². The van der Waals surface area contributed by atoms with Gasteiger partial charge in [-0.05, 0) is 63.3 Å². The number of amides is 1. The van der Waals surface area contributed by atoms with Gasteiger partial charge in [0, 0.05) is 33.7 Å². The standard InChI is InChI=1S/C23H31BrN2O2/c1-7-10-11-26-15(5)14(4)22(27)20(16(26)6)23(28)25-21-17(8-2)12-19(24)13-18(21)9-3/h12-13H,7-11H2,1-6H3,(H,25,28). The third-order valence-electron chi connectivity index (χ3n) is 5.51. The highest BCUT2D eigenvalue weighted by atomic mass is 79.9. The summed E-state index contributed by atoms with van der Waals surface area (Å²) in [7, 11) is 0. The summed E-state index contributed by atoms with van der Waals surface area (Å²) in [5.74, 6) is -0.317. The Morgan fingerprint density at radius 2 is 1.61 bits per heavy atom. The average Bonchev–Trinajstić information content (AvgIpc) is 2.67. The smallest absolute Gasteiger partial charge is 0.261 e. The third kappa shape index (κ3) is 4.40. The molecule has 1 aromatic heterocycles. The molecule has 0 unspecified atom stereocenters. The summed E-state index contributed by atoms with van der Waals surface area (Å²) < 4.78 is 3.11. The number of hydrogen-bond acceptors (Lipinski definition) is 2. The number of nitrogens with one attached hydrogen (secondary N) is 1. The number of aryl methyl sites for hydroxylation is 2. The predicted octanol–water partition coefficient (Wildman–Crippen LogP) is 5.71. The predicted molar refractivity (Wildman–Crippen MR) is 121 cm³/mol. The summed E-state index contributed by atoms with van der Waals surface area (Å²) in [5.41, 5.74) is 5.37. The van der Waals surface area contributed by atoms with Crippen molar-refractivity contribution in [3.05, 3.63) is 60.5 Å². The van der Waals surface area contributed by atoms with Crippen molar-refractivity contribution < 1.29 is 4.79 Å². The van der Waals surface area contributed by atoms with E-state index in [2.05, 4.69) is 46.6 Å². The highest BCUT2D eigenvalue weighted by Gasteiger charge is 2.22. The van der Waals surface area contributed by atoms with Gasteiger partial charge >= 0.3 is 0 Å². The number of benzene rings is 1.